The Balaban J connectivity index is 2.97. The fourth-order valence-electron chi connectivity index (χ4n) is 2.15. The molecule has 0 aliphatic carbocycles. The first-order chi connectivity index (χ1) is 8.81. The van der Waals surface area contributed by atoms with Crippen molar-refractivity contribution in [2.45, 2.75) is 90.4 Å². The molecule has 0 heterocycles. The van der Waals surface area contributed by atoms with E-state index in [1.54, 1.807) is 0 Å². The second-order valence-corrected chi connectivity index (χ2v) is 5.41. The maximum absolute atomic E-state index is 10.8. The highest BCUT2D eigenvalue weighted by Gasteiger charge is 2.00. The van der Waals surface area contributed by atoms with Gasteiger partial charge in [-0.1, -0.05) is 77.6 Å². The lowest BCUT2D eigenvalue weighted by molar-refractivity contribution is -0.132. The van der Waals surface area contributed by atoms with Crippen LogP contribution in [0.1, 0.15) is 90.4 Å². The zero-order chi connectivity index (χ0) is 13.5. The van der Waals surface area contributed by atoms with Crippen LogP contribution in [-0.2, 0) is 8.62 Å². The highest BCUT2D eigenvalue weighted by atomic mass is 79.9. The van der Waals surface area contributed by atoms with Crippen LogP contribution in [-0.4, -0.2) is 5.97 Å². The van der Waals surface area contributed by atoms with E-state index in [2.05, 4.69) is 27.0 Å². The van der Waals surface area contributed by atoms with E-state index >= 15 is 0 Å². The minimum Gasteiger partial charge on any atom is -0.384 e. The summed E-state index contributed by atoms with van der Waals surface area (Å²) in [6, 6.07) is 0. The Bertz CT molecular complexity index is 183. The van der Waals surface area contributed by atoms with Gasteiger partial charge in [-0.25, -0.2) is 0 Å². The fraction of sp³-hybridized carbons (Fsp3) is 0.933. The predicted octanol–water partition coefficient (Wildman–Crippen LogP) is 5.93. The van der Waals surface area contributed by atoms with Crippen molar-refractivity contribution in [3.63, 3.8) is 0 Å². The first kappa shape index (κ1) is 17.9. The summed E-state index contributed by atoms with van der Waals surface area (Å²) in [7, 11) is 0. The third kappa shape index (κ3) is 14.0. The molecule has 0 saturated carbocycles. The van der Waals surface area contributed by atoms with Gasteiger partial charge in [0.15, 0.2) is 16.3 Å². The van der Waals surface area contributed by atoms with E-state index in [9.17, 15) is 4.79 Å². The van der Waals surface area contributed by atoms with Gasteiger partial charge >= 0.3 is 5.97 Å². The molecule has 18 heavy (non-hydrogen) atoms. The molecule has 3 heteroatoms. The number of unbranched alkanes of at least 4 members (excludes halogenated alkanes) is 11. The lowest BCUT2D eigenvalue weighted by Crippen LogP contribution is -1.95. The SMILES string of the molecule is CCCCCCCCCCCCCCC(=O)OBr. The molecule has 0 aromatic rings. The Morgan fingerprint density at radius 3 is 1.56 bits per heavy atom. The predicted molar refractivity (Wildman–Crippen MR) is 80.7 cm³/mol. The van der Waals surface area contributed by atoms with Crippen molar-refractivity contribution in [2.75, 3.05) is 0 Å². The first-order valence-electron chi connectivity index (χ1n) is 7.62. The molecule has 0 aromatic heterocycles. The minimum absolute atomic E-state index is 0.151. The summed E-state index contributed by atoms with van der Waals surface area (Å²) in [6.07, 6.45) is 16.4. The normalized spacial score (nSPS) is 10.6. The summed E-state index contributed by atoms with van der Waals surface area (Å²) in [4.78, 5) is 10.8. The Hall–Kier alpha value is -0.0500. The summed E-state index contributed by atoms with van der Waals surface area (Å²) < 4.78 is 4.42. The highest BCUT2D eigenvalue weighted by molar-refractivity contribution is 9.06. The molecule has 2 nitrogen and oxygen atoms in total. The molecule has 108 valence electrons. The summed E-state index contributed by atoms with van der Waals surface area (Å²) in [5.74, 6) is -0.151. The second-order valence-electron chi connectivity index (χ2n) is 5.09. The minimum atomic E-state index is -0.151. The van der Waals surface area contributed by atoms with Crippen LogP contribution in [0.5, 0.6) is 0 Å². The summed E-state index contributed by atoms with van der Waals surface area (Å²) >= 11 is 2.70. The zero-order valence-corrected chi connectivity index (χ0v) is 13.5. The number of carbonyl (C=O) groups excluding carboxylic acids is 1. The fourth-order valence-corrected chi connectivity index (χ4v) is 2.31. The van der Waals surface area contributed by atoms with Gasteiger partial charge in [0.25, 0.3) is 0 Å². The van der Waals surface area contributed by atoms with Gasteiger partial charge in [0.05, 0.1) is 0 Å². The van der Waals surface area contributed by atoms with E-state index in [0.717, 1.165) is 12.8 Å². The molecular weight excluding hydrogens is 292 g/mol. The lowest BCUT2D eigenvalue weighted by Gasteiger charge is -2.02. The molecule has 0 saturated heterocycles. The van der Waals surface area contributed by atoms with Crippen LogP contribution in [0, 0.1) is 0 Å². The van der Waals surface area contributed by atoms with Crippen LogP contribution >= 0.6 is 16.3 Å². The van der Waals surface area contributed by atoms with E-state index in [-0.39, 0.29) is 5.97 Å². The van der Waals surface area contributed by atoms with Gasteiger partial charge in [-0.2, -0.15) is 0 Å². The Kier molecular flexibility index (Phi) is 15.0. The van der Waals surface area contributed by atoms with Gasteiger partial charge in [-0.3, -0.25) is 4.79 Å². The Morgan fingerprint density at radius 2 is 1.17 bits per heavy atom. The van der Waals surface area contributed by atoms with Crippen molar-refractivity contribution >= 4 is 22.2 Å². The van der Waals surface area contributed by atoms with E-state index in [4.69, 9.17) is 0 Å². The van der Waals surface area contributed by atoms with Gasteiger partial charge in [-0.05, 0) is 6.42 Å². The largest absolute Gasteiger partial charge is 0.384 e. The molecule has 0 radical (unpaired) electrons. The van der Waals surface area contributed by atoms with Crippen LogP contribution in [0.3, 0.4) is 0 Å². The van der Waals surface area contributed by atoms with Gasteiger partial charge in [0.2, 0.25) is 0 Å². The molecule has 0 aromatic carbocycles. The molecule has 0 aliphatic heterocycles. The number of carbonyl (C=O) groups is 1. The summed E-state index contributed by atoms with van der Waals surface area (Å²) in [5, 5.41) is 0. The van der Waals surface area contributed by atoms with Gasteiger partial charge < -0.3 is 3.83 Å². The standard InChI is InChI=1S/C15H29BrO2/c1-2-3-4-5-6-7-8-9-10-11-12-13-14-15(17)18-16/h2-14H2,1H3. The quantitative estimate of drug-likeness (QED) is 0.393. The molecule has 0 unspecified atom stereocenters. The van der Waals surface area contributed by atoms with Crippen LogP contribution in [0.4, 0.5) is 0 Å². The Morgan fingerprint density at radius 1 is 0.778 bits per heavy atom. The number of hydrogen-bond acceptors (Lipinski definition) is 2. The maximum Gasteiger partial charge on any atom is 0.317 e. The van der Waals surface area contributed by atoms with Crippen LogP contribution in [0.2, 0.25) is 0 Å². The topological polar surface area (TPSA) is 26.3 Å². The van der Waals surface area contributed by atoms with Gasteiger partial charge in [-0.15, -0.1) is 0 Å². The smallest absolute Gasteiger partial charge is 0.317 e. The van der Waals surface area contributed by atoms with E-state index in [0.29, 0.717) is 6.42 Å². The van der Waals surface area contributed by atoms with Crippen LogP contribution in [0.25, 0.3) is 0 Å². The molecule has 0 atom stereocenters. The van der Waals surface area contributed by atoms with Crippen LogP contribution in [0.15, 0.2) is 0 Å². The molecule has 0 N–H and O–H groups in total. The van der Waals surface area contributed by atoms with Crippen molar-refractivity contribution in [3.05, 3.63) is 0 Å². The van der Waals surface area contributed by atoms with Crippen molar-refractivity contribution < 1.29 is 8.62 Å². The molecular formula is C15H29BrO2. The summed E-state index contributed by atoms with van der Waals surface area (Å²) in [5.41, 5.74) is 0. The summed E-state index contributed by atoms with van der Waals surface area (Å²) in [6.45, 7) is 2.26. The number of hydrogen-bond donors (Lipinski definition) is 0. The monoisotopic (exact) mass is 320 g/mol. The van der Waals surface area contributed by atoms with E-state index in [1.807, 2.05) is 0 Å². The molecule has 0 fully saturated rings. The van der Waals surface area contributed by atoms with Crippen molar-refractivity contribution in [3.8, 4) is 0 Å². The average Bonchev–Trinajstić information content (AvgIpc) is 2.39. The maximum atomic E-state index is 10.8. The average molecular weight is 321 g/mol. The van der Waals surface area contributed by atoms with Crippen LogP contribution < -0.4 is 0 Å². The van der Waals surface area contributed by atoms with Crippen molar-refractivity contribution in [1.82, 2.24) is 0 Å². The number of rotatable bonds is 13. The third-order valence-corrected chi connectivity index (χ3v) is 3.68. The number of halogens is 1. The first-order valence-corrected chi connectivity index (χ1v) is 8.27. The molecule has 0 aliphatic rings. The van der Waals surface area contributed by atoms with Crippen molar-refractivity contribution in [2.24, 2.45) is 0 Å². The zero-order valence-electron chi connectivity index (χ0n) is 11.9. The molecule has 0 rings (SSSR count). The molecule has 0 spiro atoms. The second kappa shape index (κ2) is 15.0. The highest BCUT2D eigenvalue weighted by Crippen LogP contribution is 2.12. The van der Waals surface area contributed by atoms with Gasteiger partial charge in [0.1, 0.15) is 0 Å². The van der Waals surface area contributed by atoms with E-state index in [1.165, 1.54) is 64.2 Å². The van der Waals surface area contributed by atoms with Gasteiger partial charge in [0, 0.05) is 6.42 Å². The molecule has 0 amide bonds. The Labute approximate surface area is 121 Å². The van der Waals surface area contributed by atoms with Crippen molar-refractivity contribution in [1.29, 1.82) is 0 Å². The third-order valence-electron chi connectivity index (χ3n) is 3.32. The molecule has 0 bridgehead atoms. The lowest BCUT2D eigenvalue weighted by atomic mass is 10.0. The van der Waals surface area contributed by atoms with E-state index < -0.39 is 0 Å².